The smallest absolute Gasteiger partial charge is 0.339 e. The van der Waals surface area contributed by atoms with Crippen molar-refractivity contribution in [1.29, 1.82) is 0 Å². The summed E-state index contributed by atoms with van der Waals surface area (Å²) in [4.78, 5) is 10.7. The van der Waals surface area contributed by atoms with E-state index in [-0.39, 0.29) is 5.56 Å². The molecule has 0 unspecified atom stereocenters. The lowest BCUT2D eigenvalue weighted by Gasteiger charge is -2.04. The van der Waals surface area contributed by atoms with Gasteiger partial charge < -0.3 is 9.84 Å². The Labute approximate surface area is 76.0 Å². The number of benzene rings is 1. The summed E-state index contributed by atoms with van der Waals surface area (Å²) < 4.78 is 4.86. The summed E-state index contributed by atoms with van der Waals surface area (Å²) in [5.74, 6) is 1.62. The predicted octanol–water partition coefficient (Wildman–Crippen LogP) is 1.37. The maximum atomic E-state index is 10.7. The molecular weight excluding hydrogens is 168 g/mol. The summed E-state index contributed by atoms with van der Waals surface area (Å²) in [5, 5.41) is 8.77. The second kappa shape index (κ2) is 3.63. The number of carbonyl (C=O) groups is 1. The van der Waals surface area contributed by atoms with Crippen LogP contribution in [0.25, 0.3) is 0 Å². The number of hydrogen-bond acceptors (Lipinski definition) is 2. The first-order valence-electron chi connectivity index (χ1n) is 3.57. The number of carboxylic acid groups (broad SMARTS) is 1. The SMILES string of the molecule is C#Cc1ccc(OC)c(C(=O)O)c1. The van der Waals surface area contributed by atoms with Crippen molar-refractivity contribution in [3.63, 3.8) is 0 Å². The fourth-order valence-corrected chi connectivity index (χ4v) is 0.965. The van der Waals surface area contributed by atoms with Crippen molar-refractivity contribution in [1.82, 2.24) is 0 Å². The molecule has 66 valence electrons. The zero-order chi connectivity index (χ0) is 9.84. The van der Waals surface area contributed by atoms with Crippen LogP contribution in [0, 0.1) is 12.3 Å². The van der Waals surface area contributed by atoms with E-state index in [0.29, 0.717) is 11.3 Å². The molecule has 0 aliphatic carbocycles. The first-order chi connectivity index (χ1) is 6.19. The van der Waals surface area contributed by atoms with Crippen LogP contribution in [0.1, 0.15) is 15.9 Å². The third-order valence-corrected chi connectivity index (χ3v) is 1.60. The molecule has 0 amide bonds. The second-order valence-corrected chi connectivity index (χ2v) is 2.36. The molecule has 0 spiro atoms. The van der Waals surface area contributed by atoms with Crippen LogP contribution in [0.4, 0.5) is 0 Å². The number of methoxy groups -OCH3 is 1. The third-order valence-electron chi connectivity index (χ3n) is 1.60. The van der Waals surface area contributed by atoms with Gasteiger partial charge in [-0.1, -0.05) is 5.92 Å². The Balaban J connectivity index is 3.28. The highest BCUT2D eigenvalue weighted by atomic mass is 16.5. The van der Waals surface area contributed by atoms with Gasteiger partial charge in [0.25, 0.3) is 0 Å². The van der Waals surface area contributed by atoms with Crippen molar-refractivity contribution < 1.29 is 14.6 Å². The van der Waals surface area contributed by atoms with Crippen LogP contribution in [-0.4, -0.2) is 18.2 Å². The lowest BCUT2D eigenvalue weighted by Crippen LogP contribution is -2.00. The van der Waals surface area contributed by atoms with Gasteiger partial charge in [-0.05, 0) is 18.2 Å². The average molecular weight is 176 g/mol. The summed E-state index contributed by atoms with van der Waals surface area (Å²) in [6.07, 6.45) is 5.13. The number of rotatable bonds is 2. The van der Waals surface area contributed by atoms with Crippen molar-refractivity contribution in [2.24, 2.45) is 0 Å². The summed E-state index contributed by atoms with van der Waals surface area (Å²) in [7, 11) is 1.41. The zero-order valence-corrected chi connectivity index (χ0v) is 7.07. The number of terminal acetylenes is 1. The predicted molar refractivity (Wildman–Crippen MR) is 47.9 cm³/mol. The molecule has 0 radical (unpaired) electrons. The highest BCUT2D eigenvalue weighted by molar-refractivity contribution is 5.91. The van der Waals surface area contributed by atoms with Gasteiger partial charge in [0.1, 0.15) is 11.3 Å². The van der Waals surface area contributed by atoms with Gasteiger partial charge in [0.05, 0.1) is 7.11 Å². The Morgan fingerprint density at radius 1 is 1.62 bits per heavy atom. The third kappa shape index (κ3) is 1.79. The van der Waals surface area contributed by atoms with E-state index < -0.39 is 5.97 Å². The first kappa shape index (κ1) is 9.14. The molecule has 1 aromatic rings. The molecule has 3 nitrogen and oxygen atoms in total. The van der Waals surface area contributed by atoms with Gasteiger partial charge in [-0.3, -0.25) is 0 Å². The van der Waals surface area contributed by atoms with Gasteiger partial charge in [0.2, 0.25) is 0 Å². The van der Waals surface area contributed by atoms with E-state index >= 15 is 0 Å². The molecule has 1 rings (SSSR count). The number of aromatic carboxylic acids is 1. The average Bonchev–Trinajstić information content (AvgIpc) is 2.16. The van der Waals surface area contributed by atoms with Crippen molar-refractivity contribution in [2.45, 2.75) is 0 Å². The molecule has 0 aromatic heterocycles. The Morgan fingerprint density at radius 2 is 2.31 bits per heavy atom. The van der Waals surface area contributed by atoms with Crippen molar-refractivity contribution >= 4 is 5.97 Å². The van der Waals surface area contributed by atoms with Crippen LogP contribution in [0.5, 0.6) is 5.75 Å². The summed E-state index contributed by atoms with van der Waals surface area (Å²) >= 11 is 0. The molecular formula is C10H8O3. The quantitative estimate of drug-likeness (QED) is 0.692. The van der Waals surface area contributed by atoms with Crippen LogP contribution in [0.2, 0.25) is 0 Å². The minimum absolute atomic E-state index is 0.0814. The van der Waals surface area contributed by atoms with E-state index in [1.807, 2.05) is 0 Å². The van der Waals surface area contributed by atoms with Gasteiger partial charge >= 0.3 is 5.97 Å². The van der Waals surface area contributed by atoms with Crippen LogP contribution < -0.4 is 4.74 Å². The maximum Gasteiger partial charge on any atom is 0.339 e. The topological polar surface area (TPSA) is 46.5 Å². The highest BCUT2D eigenvalue weighted by Crippen LogP contribution is 2.19. The summed E-state index contributed by atoms with van der Waals surface area (Å²) in [6.45, 7) is 0. The number of hydrogen-bond donors (Lipinski definition) is 1. The molecule has 0 atom stereocenters. The summed E-state index contributed by atoms with van der Waals surface area (Å²) in [6, 6.07) is 4.57. The van der Waals surface area contributed by atoms with Crippen molar-refractivity contribution in [2.75, 3.05) is 7.11 Å². The number of carboxylic acids is 1. The van der Waals surface area contributed by atoms with Gasteiger partial charge in [-0.2, -0.15) is 0 Å². The largest absolute Gasteiger partial charge is 0.496 e. The zero-order valence-electron chi connectivity index (χ0n) is 7.07. The van der Waals surface area contributed by atoms with Crippen molar-refractivity contribution in [3.8, 4) is 18.1 Å². The minimum atomic E-state index is -1.05. The van der Waals surface area contributed by atoms with Crippen molar-refractivity contribution in [3.05, 3.63) is 29.3 Å². The molecule has 13 heavy (non-hydrogen) atoms. The molecule has 0 fully saturated rings. The fraction of sp³-hybridized carbons (Fsp3) is 0.100. The fourth-order valence-electron chi connectivity index (χ4n) is 0.965. The molecule has 1 aromatic carbocycles. The standard InChI is InChI=1S/C10H8O3/c1-3-7-4-5-9(13-2)8(6-7)10(11)12/h1,4-6H,2H3,(H,11,12). The van der Waals surface area contributed by atoms with E-state index in [2.05, 4.69) is 5.92 Å². The first-order valence-corrected chi connectivity index (χ1v) is 3.57. The monoisotopic (exact) mass is 176 g/mol. The second-order valence-electron chi connectivity index (χ2n) is 2.36. The molecule has 0 saturated carbocycles. The highest BCUT2D eigenvalue weighted by Gasteiger charge is 2.10. The van der Waals surface area contributed by atoms with E-state index in [1.165, 1.54) is 13.2 Å². The Kier molecular flexibility index (Phi) is 2.56. The Bertz CT molecular complexity index is 374. The van der Waals surface area contributed by atoms with Gasteiger partial charge in [0, 0.05) is 5.56 Å². The number of ether oxygens (including phenoxy) is 1. The summed E-state index contributed by atoms with van der Waals surface area (Å²) in [5.41, 5.74) is 0.608. The lowest BCUT2D eigenvalue weighted by molar-refractivity contribution is 0.0693. The lowest BCUT2D eigenvalue weighted by atomic mass is 10.1. The Hall–Kier alpha value is -1.95. The van der Waals surface area contributed by atoms with E-state index in [9.17, 15) is 4.79 Å². The molecule has 3 heteroatoms. The molecule has 0 bridgehead atoms. The van der Waals surface area contributed by atoms with E-state index in [1.54, 1.807) is 12.1 Å². The molecule has 1 N–H and O–H groups in total. The van der Waals surface area contributed by atoms with E-state index in [0.717, 1.165) is 0 Å². The molecule has 0 heterocycles. The Morgan fingerprint density at radius 3 is 2.77 bits per heavy atom. The molecule has 0 aliphatic rings. The normalized spacial score (nSPS) is 8.92. The van der Waals surface area contributed by atoms with Crippen LogP contribution >= 0.6 is 0 Å². The van der Waals surface area contributed by atoms with Crippen LogP contribution in [0.15, 0.2) is 18.2 Å². The van der Waals surface area contributed by atoms with E-state index in [4.69, 9.17) is 16.3 Å². The molecule has 0 saturated heterocycles. The van der Waals surface area contributed by atoms with Gasteiger partial charge in [0.15, 0.2) is 0 Å². The molecule has 0 aliphatic heterocycles. The minimum Gasteiger partial charge on any atom is -0.496 e. The van der Waals surface area contributed by atoms with Gasteiger partial charge in [-0.25, -0.2) is 4.79 Å². The maximum absolute atomic E-state index is 10.7. The van der Waals surface area contributed by atoms with Gasteiger partial charge in [-0.15, -0.1) is 6.42 Å². The van der Waals surface area contributed by atoms with Crippen LogP contribution in [0.3, 0.4) is 0 Å². The van der Waals surface area contributed by atoms with Crippen LogP contribution in [-0.2, 0) is 0 Å².